The molecule has 6 heteroatoms. The van der Waals surface area contributed by atoms with Crippen LogP contribution in [0.5, 0.6) is 0 Å². The van der Waals surface area contributed by atoms with Gasteiger partial charge in [0.05, 0.1) is 5.56 Å². The van der Waals surface area contributed by atoms with E-state index in [1.165, 1.54) is 30.9 Å². The Hall–Kier alpha value is -3.41. The zero-order valence-corrected chi connectivity index (χ0v) is 16.8. The Labute approximate surface area is 171 Å². The second kappa shape index (κ2) is 8.31. The summed E-state index contributed by atoms with van der Waals surface area (Å²) in [6, 6.07) is 14.1. The van der Waals surface area contributed by atoms with Crippen LogP contribution in [0.3, 0.4) is 0 Å². The molecular formula is C23H25N5O. The smallest absolute Gasteiger partial charge is 0.258 e. The molecule has 1 aromatic heterocycles. The maximum atomic E-state index is 12.5. The summed E-state index contributed by atoms with van der Waals surface area (Å²) < 4.78 is 0. The van der Waals surface area contributed by atoms with Crippen LogP contribution >= 0.6 is 0 Å². The van der Waals surface area contributed by atoms with Gasteiger partial charge in [-0.05, 0) is 62.1 Å². The van der Waals surface area contributed by atoms with E-state index < -0.39 is 0 Å². The number of carbonyl (C=O) groups excluding carboxylic acids is 1. The van der Waals surface area contributed by atoms with Gasteiger partial charge in [-0.2, -0.15) is 0 Å². The number of benzene rings is 2. The Morgan fingerprint density at radius 1 is 0.931 bits per heavy atom. The second-order valence-electron chi connectivity index (χ2n) is 7.38. The average molecular weight is 387 g/mol. The van der Waals surface area contributed by atoms with Gasteiger partial charge in [0.1, 0.15) is 0 Å². The number of rotatable bonds is 5. The van der Waals surface area contributed by atoms with E-state index in [0.29, 0.717) is 11.5 Å². The molecule has 4 rings (SSSR count). The highest BCUT2D eigenvalue weighted by Crippen LogP contribution is 2.23. The van der Waals surface area contributed by atoms with Crippen LogP contribution in [-0.4, -0.2) is 29.0 Å². The molecule has 3 aromatic rings. The molecule has 0 bridgehead atoms. The van der Waals surface area contributed by atoms with Gasteiger partial charge in [-0.3, -0.25) is 4.79 Å². The third-order valence-electron chi connectivity index (χ3n) is 5.23. The van der Waals surface area contributed by atoms with Crippen molar-refractivity contribution >= 4 is 28.9 Å². The number of amides is 1. The monoisotopic (exact) mass is 387 g/mol. The summed E-state index contributed by atoms with van der Waals surface area (Å²) in [7, 11) is 0. The van der Waals surface area contributed by atoms with E-state index in [-0.39, 0.29) is 5.91 Å². The van der Waals surface area contributed by atoms with Crippen LogP contribution in [0.15, 0.2) is 54.9 Å². The van der Waals surface area contributed by atoms with Crippen LogP contribution < -0.4 is 15.5 Å². The van der Waals surface area contributed by atoms with Crippen molar-refractivity contribution in [3.8, 4) is 0 Å². The molecule has 1 saturated heterocycles. The van der Waals surface area contributed by atoms with Gasteiger partial charge in [0.2, 0.25) is 5.95 Å². The molecule has 0 saturated carbocycles. The number of aryl methyl sites for hydroxylation is 2. The fourth-order valence-corrected chi connectivity index (χ4v) is 3.57. The highest BCUT2D eigenvalue weighted by Gasteiger charge is 2.13. The van der Waals surface area contributed by atoms with Crippen molar-refractivity contribution in [3.63, 3.8) is 0 Å². The third kappa shape index (κ3) is 4.37. The quantitative estimate of drug-likeness (QED) is 0.665. The summed E-state index contributed by atoms with van der Waals surface area (Å²) in [5.74, 6) is 0.242. The highest BCUT2D eigenvalue weighted by atomic mass is 16.1. The molecule has 2 aromatic carbocycles. The number of nitrogens with zero attached hydrogens (tertiary/aromatic N) is 3. The number of nitrogens with one attached hydrogen (secondary N) is 2. The van der Waals surface area contributed by atoms with Gasteiger partial charge in [-0.25, -0.2) is 9.97 Å². The number of aromatic nitrogens is 2. The van der Waals surface area contributed by atoms with Gasteiger partial charge in [-0.1, -0.05) is 18.2 Å². The molecule has 29 heavy (non-hydrogen) atoms. The van der Waals surface area contributed by atoms with Crippen molar-refractivity contribution in [1.82, 2.24) is 9.97 Å². The maximum absolute atomic E-state index is 12.5. The molecule has 1 amide bonds. The minimum Gasteiger partial charge on any atom is -0.372 e. The first-order chi connectivity index (χ1) is 14.1. The second-order valence-corrected chi connectivity index (χ2v) is 7.38. The normalized spacial score (nSPS) is 13.4. The average Bonchev–Trinajstić information content (AvgIpc) is 3.27. The fourth-order valence-electron chi connectivity index (χ4n) is 3.57. The van der Waals surface area contributed by atoms with Crippen molar-refractivity contribution in [2.45, 2.75) is 26.7 Å². The van der Waals surface area contributed by atoms with E-state index in [1.807, 2.05) is 44.2 Å². The Kier molecular flexibility index (Phi) is 5.42. The zero-order valence-electron chi connectivity index (χ0n) is 16.8. The van der Waals surface area contributed by atoms with Gasteiger partial charge in [0.25, 0.3) is 5.91 Å². The first-order valence-electron chi connectivity index (χ1n) is 9.92. The minimum atomic E-state index is -0.224. The van der Waals surface area contributed by atoms with Crippen molar-refractivity contribution < 1.29 is 4.79 Å². The van der Waals surface area contributed by atoms with Crippen LogP contribution in [0.4, 0.5) is 23.0 Å². The minimum absolute atomic E-state index is 0.224. The van der Waals surface area contributed by atoms with Gasteiger partial charge in [0, 0.05) is 42.5 Å². The Balaban J connectivity index is 1.40. The molecule has 2 N–H and O–H groups in total. The van der Waals surface area contributed by atoms with E-state index in [0.717, 1.165) is 35.6 Å². The number of para-hydroxylation sites is 1. The van der Waals surface area contributed by atoms with Crippen molar-refractivity contribution in [2.75, 3.05) is 28.6 Å². The predicted octanol–water partition coefficient (Wildman–Crippen LogP) is 4.69. The first kappa shape index (κ1) is 18.9. The van der Waals surface area contributed by atoms with Crippen LogP contribution in [-0.2, 0) is 0 Å². The van der Waals surface area contributed by atoms with Gasteiger partial charge < -0.3 is 15.5 Å². The van der Waals surface area contributed by atoms with Crippen LogP contribution in [0.25, 0.3) is 0 Å². The van der Waals surface area contributed by atoms with Gasteiger partial charge in [-0.15, -0.1) is 0 Å². The molecule has 1 aliphatic rings. The van der Waals surface area contributed by atoms with Gasteiger partial charge in [0.15, 0.2) is 0 Å². The predicted molar refractivity (Wildman–Crippen MR) is 117 cm³/mol. The number of hydrogen-bond donors (Lipinski definition) is 2. The molecule has 1 fully saturated rings. The first-order valence-corrected chi connectivity index (χ1v) is 9.92. The Morgan fingerprint density at radius 2 is 1.55 bits per heavy atom. The van der Waals surface area contributed by atoms with E-state index in [2.05, 4.69) is 37.6 Å². The van der Waals surface area contributed by atoms with Crippen molar-refractivity contribution in [2.24, 2.45) is 0 Å². The maximum Gasteiger partial charge on any atom is 0.258 e. The lowest BCUT2D eigenvalue weighted by Gasteiger charge is -2.17. The highest BCUT2D eigenvalue weighted by molar-refractivity contribution is 6.04. The van der Waals surface area contributed by atoms with Gasteiger partial charge >= 0.3 is 0 Å². The molecule has 0 unspecified atom stereocenters. The molecular weight excluding hydrogens is 362 g/mol. The molecule has 0 radical (unpaired) electrons. The van der Waals surface area contributed by atoms with Crippen LogP contribution in [0.2, 0.25) is 0 Å². The van der Waals surface area contributed by atoms with E-state index in [1.54, 1.807) is 0 Å². The lowest BCUT2D eigenvalue weighted by atomic mass is 10.1. The lowest BCUT2D eigenvalue weighted by Crippen LogP contribution is -2.17. The third-order valence-corrected chi connectivity index (χ3v) is 5.23. The molecule has 6 nitrogen and oxygen atoms in total. The Bertz CT molecular complexity index is 973. The topological polar surface area (TPSA) is 70.2 Å². The van der Waals surface area contributed by atoms with Crippen LogP contribution in [0, 0.1) is 13.8 Å². The lowest BCUT2D eigenvalue weighted by molar-refractivity contribution is 0.102. The summed E-state index contributed by atoms with van der Waals surface area (Å²) >= 11 is 0. The fraction of sp³-hybridized carbons (Fsp3) is 0.261. The number of anilines is 4. The molecule has 0 spiro atoms. The summed E-state index contributed by atoms with van der Waals surface area (Å²) in [4.78, 5) is 23.5. The number of carbonyl (C=O) groups is 1. The van der Waals surface area contributed by atoms with E-state index >= 15 is 0 Å². The Morgan fingerprint density at radius 3 is 2.17 bits per heavy atom. The standard InChI is InChI=1S/C23H25N5O/c1-16-6-5-7-17(2)21(16)27-23-24-14-18(15-25-23)22(29)26-19-8-10-20(11-9-19)28-12-3-4-13-28/h5-11,14-15H,3-4,12-13H2,1-2H3,(H,26,29)(H,24,25,27). The van der Waals surface area contributed by atoms with Crippen molar-refractivity contribution in [3.05, 3.63) is 71.5 Å². The summed E-state index contributed by atoms with van der Waals surface area (Å²) in [5, 5.41) is 6.14. The molecule has 0 atom stereocenters. The van der Waals surface area contributed by atoms with Crippen LogP contribution in [0.1, 0.15) is 34.3 Å². The zero-order chi connectivity index (χ0) is 20.2. The van der Waals surface area contributed by atoms with Crippen molar-refractivity contribution in [1.29, 1.82) is 0 Å². The largest absolute Gasteiger partial charge is 0.372 e. The molecule has 148 valence electrons. The SMILES string of the molecule is Cc1cccc(C)c1Nc1ncc(C(=O)Nc2ccc(N3CCCC3)cc2)cn1. The summed E-state index contributed by atoms with van der Waals surface area (Å²) in [6.07, 6.45) is 5.56. The summed E-state index contributed by atoms with van der Waals surface area (Å²) in [6.45, 7) is 6.27. The number of hydrogen-bond acceptors (Lipinski definition) is 5. The van der Waals surface area contributed by atoms with E-state index in [9.17, 15) is 4.79 Å². The molecule has 1 aliphatic heterocycles. The summed E-state index contributed by atoms with van der Waals surface area (Å²) in [5.41, 5.74) is 5.60. The molecule has 0 aliphatic carbocycles. The molecule has 2 heterocycles. The van der Waals surface area contributed by atoms with E-state index in [4.69, 9.17) is 0 Å².